The van der Waals surface area contributed by atoms with Crippen molar-refractivity contribution in [3.05, 3.63) is 35.4 Å². The zero-order chi connectivity index (χ0) is 15.8. The summed E-state index contributed by atoms with van der Waals surface area (Å²) in [5.74, 6) is -0.129. The highest BCUT2D eigenvalue weighted by molar-refractivity contribution is 7.80. The summed E-state index contributed by atoms with van der Waals surface area (Å²) in [6.45, 7) is 2.73. The van der Waals surface area contributed by atoms with Gasteiger partial charge in [0.05, 0.1) is 7.11 Å². The van der Waals surface area contributed by atoms with E-state index in [1.54, 1.807) is 0 Å². The zero-order valence-corrected chi connectivity index (χ0v) is 14.0. The molecule has 22 heavy (non-hydrogen) atoms. The third kappa shape index (κ3) is 4.98. The molecule has 0 unspecified atom stereocenters. The van der Waals surface area contributed by atoms with Gasteiger partial charge in [-0.25, -0.2) is 0 Å². The predicted octanol–water partition coefficient (Wildman–Crippen LogP) is 2.65. The van der Waals surface area contributed by atoms with Crippen molar-refractivity contribution in [1.29, 1.82) is 0 Å². The number of nitrogens with one attached hydrogen (secondary N) is 1. The van der Waals surface area contributed by atoms with E-state index >= 15 is 0 Å². The molecule has 0 saturated heterocycles. The molecule has 1 aliphatic heterocycles. The first-order valence-electron chi connectivity index (χ1n) is 7.87. The number of fused-ring (bicyclic) bond motifs is 1. The molecule has 0 amide bonds. The van der Waals surface area contributed by atoms with Crippen LogP contribution in [0, 0.1) is 0 Å². The average Bonchev–Trinajstić information content (AvgIpc) is 2.56. The molecule has 1 N–H and O–H groups in total. The molecule has 0 spiro atoms. The number of benzene rings is 1. The highest BCUT2D eigenvalue weighted by Gasteiger charge is 2.17. The minimum Gasteiger partial charge on any atom is -0.469 e. The second kappa shape index (κ2) is 8.73. The first-order valence-corrected chi connectivity index (χ1v) is 8.28. The standard InChI is InChI=1S/C17H24N2O2S/c1-21-16(20)9-3-2-6-11-18-17(22)19-12-10-14-7-4-5-8-15(14)13-19/h4-5,7-8H,2-3,6,9-13H2,1H3,(H,18,22). The largest absolute Gasteiger partial charge is 0.469 e. The van der Waals surface area contributed by atoms with Crippen LogP contribution in [0.1, 0.15) is 36.8 Å². The molecular weight excluding hydrogens is 296 g/mol. The number of carbonyl (C=O) groups excluding carboxylic acids is 1. The maximum atomic E-state index is 11.0. The molecule has 0 saturated carbocycles. The van der Waals surface area contributed by atoms with E-state index in [-0.39, 0.29) is 5.97 Å². The molecule has 0 atom stereocenters. The van der Waals surface area contributed by atoms with Gasteiger partial charge in [0.25, 0.3) is 0 Å². The molecular formula is C17H24N2O2S. The summed E-state index contributed by atoms with van der Waals surface area (Å²) in [5, 5.41) is 4.16. The summed E-state index contributed by atoms with van der Waals surface area (Å²) in [5.41, 5.74) is 2.81. The van der Waals surface area contributed by atoms with Gasteiger partial charge in [-0.3, -0.25) is 4.79 Å². The number of esters is 1. The molecule has 5 heteroatoms. The van der Waals surface area contributed by atoms with Gasteiger partial charge in [0.15, 0.2) is 5.11 Å². The number of unbranched alkanes of at least 4 members (excludes halogenated alkanes) is 2. The van der Waals surface area contributed by atoms with Crippen LogP contribution >= 0.6 is 12.2 Å². The van der Waals surface area contributed by atoms with Crippen molar-refractivity contribution in [2.45, 2.75) is 38.6 Å². The molecule has 120 valence electrons. The lowest BCUT2D eigenvalue weighted by Crippen LogP contribution is -2.42. The summed E-state index contributed by atoms with van der Waals surface area (Å²) in [7, 11) is 1.43. The quantitative estimate of drug-likeness (QED) is 0.496. The van der Waals surface area contributed by atoms with Gasteiger partial charge in [-0.05, 0) is 42.6 Å². The maximum absolute atomic E-state index is 11.0. The maximum Gasteiger partial charge on any atom is 0.305 e. The van der Waals surface area contributed by atoms with Crippen LogP contribution in [-0.4, -0.2) is 36.2 Å². The zero-order valence-electron chi connectivity index (χ0n) is 13.1. The highest BCUT2D eigenvalue weighted by atomic mass is 32.1. The SMILES string of the molecule is COC(=O)CCCCCNC(=S)N1CCc2ccccc2C1. The summed E-state index contributed by atoms with van der Waals surface area (Å²) < 4.78 is 4.62. The predicted molar refractivity (Wildman–Crippen MR) is 91.6 cm³/mol. The number of carbonyl (C=O) groups is 1. The van der Waals surface area contributed by atoms with Gasteiger partial charge in [0, 0.05) is 26.1 Å². The monoisotopic (exact) mass is 320 g/mol. The fraction of sp³-hybridized carbons (Fsp3) is 0.529. The number of rotatable bonds is 6. The van der Waals surface area contributed by atoms with Crippen molar-refractivity contribution in [1.82, 2.24) is 10.2 Å². The van der Waals surface area contributed by atoms with Crippen molar-refractivity contribution in [3.63, 3.8) is 0 Å². The van der Waals surface area contributed by atoms with E-state index in [4.69, 9.17) is 12.2 Å². The van der Waals surface area contributed by atoms with Gasteiger partial charge in [-0.1, -0.05) is 30.7 Å². The minimum atomic E-state index is -0.129. The second-order valence-corrected chi connectivity index (χ2v) is 5.95. The van der Waals surface area contributed by atoms with Crippen molar-refractivity contribution in [2.24, 2.45) is 0 Å². The van der Waals surface area contributed by atoms with E-state index < -0.39 is 0 Å². The molecule has 0 radical (unpaired) electrons. The van der Waals surface area contributed by atoms with Gasteiger partial charge in [-0.2, -0.15) is 0 Å². The van der Waals surface area contributed by atoms with Crippen LogP contribution in [0.3, 0.4) is 0 Å². The smallest absolute Gasteiger partial charge is 0.305 e. The fourth-order valence-corrected chi connectivity index (χ4v) is 2.91. The minimum absolute atomic E-state index is 0.129. The lowest BCUT2D eigenvalue weighted by molar-refractivity contribution is -0.140. The lowest BCUT2D eigenvalue weighted by atomic mass is 10.0. The number of ether oxygens (including phenoxy) is 1. The Bertz CT molecular complexity index is 519. The summed E-state index contributed by atoms with van der Waals surface area (Å²) in [6.07, 6.45) is 4.45. The van der Waals surface area contributed by atoms with Crippen LogP contribution in [-0.2, 0) is 22.5 Å². The average molecular weight is 320 g/mol. The Balaban J connectivity index is 1.63. The molecule has 0 aliphatic carbocycles. The topological polar surface area (TPSA) is 41.6 Å². The van der Waals surface area contributed by atoms with Gasteiger partial charge in [0.1, 0.15) is 0 Å². The van der Waals surface area contributed by atoms with E-state index in [9.17, 15) is 4.79 Å². The molecule has 1 heterocycles. The van der Waals surface area contributed by atoms with Gasteiger partial charge < -0.3 is 15.0 Å². The normalized spacial score (nSPS) is 13.4. The van der Waals surface area contributed by atoms with Crippen LogP contribution in [0.25, 0.3) is 0 Å². The molecule has 2 rings (SSSR count). The highest BCUT2D eigenvalue weighted by Crippen LogP contribution is 2.18. The summed E-state index contributed by atoms with van der Waals surface area (Å²) in [6, 6.07) is 8.56. The van der Waals surface area contributed by atoms with Crippen LogP contribution in [0.15, 0.2) is 24.3 Å². The van der Waals surface area contributed by atoms with Crippen LogP contribution < -0.4 is 5.32 Å². The molecule has 1 aromatic rings. The molecule has 4 nitrogen and oxygen atoms in total. The third-order valence-corrected chi connectivity index (χ3v) is 4.38. The van der Waals surface area contributed by atoms with E-state index in [0.717, 1.165) is 50.4 Å². The van der Waals surface area contributed by atoms with E-state index in [1.165, 1.54) is 18.2 Å². The van der Waals surface area contributed by atoms with E-state index in [2.05, 4.69) is 39.2 Å². The Morgan fingerprint density at radius 1 is 1.27 bits per heavy atom. The van der Waals surface area contributed by atoms with E-state index in [0.29, 0.717) is 6.42 Å². The first kappa shape index (κ1) is 16.7. The number of hydrogen-bond acceptors (Lipinski definition) is 3. The van der Waals surface area contributed by atoms with E-state index in [1.807, 2.05) is 0 Å². The molecule has 0 fully saturated rings. The Morgan fingerprint density at radius 2 is 2.05 bits per heavy atom. The molecule has 0 aromatic heterocycles. The Hall–Kier alpha value is -1.62. The number of hydrogen-bond donors (Lipinski definition) is 1. The molecule has 0 bridgehead atoms. The molecule has 1 aliphatic rings. The number of methoxy groups -OCH3 is 1. The van der Waals surface area contributed by atoms with Crippen LogP contribution in [0.4, 0.5) is 0 Å². The first-order chi connectivity index (χ1) is 10.7. The van der Waals surface area contributed by atoms with Gasteiger partial charge in [0.2, 0.25) is 0 Å². The van der Waals surface area contributed by atoms with Gasteiger partial charge in [-0.15, -0.1) is 0 Å². The molecule has 1 aromatic carbocycles. The fourth-order valence-electron chi connectivity index (χ4n) is 2.65. The van der Waals surface area contributed by atoms with Crippen molar-refractivity contribution < 1.29 is 9.53 Å². The van der Waals surface area contributed by atoms with Crippen LogP contribution in [0.2, 0.25) is 0 Å². The number of thiocarbonyl (C=S) groups is 1. The number of nitrogens with zero attached hydrogens (tertiary/aromatic N) is 1. The van der Waals surface area contributed by atoms with Crippen molar-refractivity contribution in [3.8, 4) is 0 Å². The second-order valence-electron chi connectivity index (χ2n) is 5.56. The Kier molecular flexibility index (Phi) is 6.65. The van der Waals surface area contributed by atoms with Crippen molar-refractivity contribution in [2.75, 3.05) is 20.2 Å². The van der Waals surface area contributed by atoms with Gasteiger partial charge >= 0.3 is 5.97 Å². The summed E-state index contributed by atoms with van der Waals surface area (Å²) >= 11 is 5.48. The third-order valence-electron chi connectivity index (χ3n) is 3.98. The Labute approximate surface area is 137 Å². The van der Waals surface area contributed by atoms with Crippen molar-refractivity contribution >= 4 is 23.3 Å². The lowest BCUT2D eigenvalue weighted by Gasteiger charge is -2.31. The Morgan fingerprint density at radius 3 is 2.82 bits per heavy atom. The van der Waals surface area contributed by atoms with Crippen LogP contribution in [0.5, 0.6) is 0 Å². The summed E-state index contributed by atoms with van der Waals surface area (Å²) in [4.78, 5) is 13.2.